The molecular weight excluding hydrogens is 232 g/mol. The summed E-state index contributed by atoms with van der Waals surface area (Å²) < 4.78 is 0.830. The first kappa shape index (κ1) is 16.6. The van der Waals surface area contributed by atoms with Crippen LogP contribution < -0.4 is 10.4 Å². The lowest BCUT2D eigenvalue weighted by atomic mass is 10.2. The lowest BCUT2D eigenvalue weighted by Crippen LogP contribution is -2.42. The van der Waals surface area contributed by atoms with Gasteiger partial charge in [0, 0.05) is 18.9 Å². The standard InChI is InChI=1S/C13H24N2O3/c1-4-12(16)14-9-7-11-15(2,3)10-6-5-8-13(17)18/h4H,1,5-11H2,2-3H3,(H-,14,16,17,18). The Labute approximate surface area is 109 Å². The third-order valence-electron chi connectivity index (χ3n) is 2.82. The number of carbonyl (C=O) groups excluding carboxylic acids is 2. The Morgan fingerprint density at radius 1 is 1.22 bits per heavy atom. The van der Waals surface area contributed by atoms with E-state index in [4.69, 9.17) is 0 Å². The van der Waals surface area contributed by atoms with Crippen LogP contribution in [-0.2, 0) is 9.59 Å². The van der Waals surface area contributed by atoms with Crippen molar-refractivity contribution in [2.24, 2.45) is 0 Å². The predicted octanol–water partition coefficient (Wildman–Crippen LogP) is -0.325. The first-order valence-corrected chi connectivity index (χ1v) is 6.29. The lowest BCUT2D eigenvalue weighted by molar-refractivity contribution is -0.890. The van der Waals surface area contributed by atoms with Crippen LogP contribution in [0.3, 0.4) is 0 Å². The second kappa shape index (κ2) is 8.69. The summed E-state index contributed by atoms with van der Waals surface area (Å²) in [4.78, 5) is 21.2. The van der Waals surface area contributed by atoms with Crippen LogP contribution in [0.2, 0.25) is 0 Å². The van der Waals surface area contributed by atoms with E-state index in [0.29, 0.717) is 13.0 Å². The van der Waals surface area contributed by atoms with Crippen LogP contribution in [0, 0.1) is 0 Å². The van der Waals surface area contributed by atoms with Crippen LogP contribution in [0.1, 0.15) is 25.7 Å². The highest BCUT2D eigenvalue weighted by molar-refractivity contribution is 5.86. The molecule has 0 spiro atoms. The summed E-state index contributed by atoms with van der Waals surface area (Å²) in [7, 11) is 4.21. The molecule has 0 aliphatic heterocycles. The van der Waals surface area contributed by atoms with Gasteiger partial charge in [-0.3, -0.25) is 4.79 Å². The number of nitrogens with zero attached hydrogens (tertiary/aromatic N) is 1. The summed E-state index contributed by atoms with van der Waals surface area (Å²) in [5.41, 5.74) is 0. The van der Waals surface area contributed by atoms with Crippen molar-refractivity contribution in [2.45, 2.75) is 25.7 Å². The van der Waals surface area contributed by atoms with E-state index in [1.165, 1.54) is 6.08 Å². The molecule has 0 atom stereocenters. The van der Waals surface area contributed by atoms with Crippen LogP contribution >= 0.6 is 0 Å². The molecule has 0 aromatic rings. The van der Waals surface area contributed by atoms with E-state index >= 15 is 0 Å². The van der Waals surface area contributed by atoms with Gasteiger partial charge in [-0.05, 0) is 25.3 Å². The molecule has 0 saturated carbocycles. The van der Waals surface area contributed by atoms with Crippen LogP contribution in [0.25, 0.3) is 0 Å². The highest BCUT2D eigenvalue weighted by Gasteiger charge is 2.13. The van der Waals surface area contributed by atoms with Crippen molar-refractivity contribution in [1.82, 2.24) is 5.32 Å². The van der Waals surface area contributed by atoms with Gasteiger partial charge in [-0.15, -0.1) is 0 Å². The molecule has 0 rings (SSSR count). The Morgan fingerprint density at radius 2 is 1.83 bits per heavy atom. The molecule has 1 N–H and O–H groups in total. The fourth-order valence-corrected chi connectivity index (χ4v) is 1.71. The minimum Gasteiger partial charge on any atom is -0.550 e. The van der Waals surface area contributed by atoms with Gasteiger partial charge in [-0.1, -0.05) is 6.58 Å². The molecular formula is C13H24N2O3. The Bertz CT molecular complexity index is 288. The third-order valence-corrected chi connectivity index (χ3v) is 2.82. The zero-order valence-electron chi connectivity index (χ0n) is 11.4. The monoisotopic (exact) mass is 256 g/mol. The number of amides is 1. The molecule has 0 radical (unpaired) electrons. The fourth-order valence-electron chi connectivity index (χ4n) is 1.71. The Hall–Kier alpha value is -1.36. The molecule has 1 amide bonds. The summed E-state index contributed by atoms with van der Waals surface area (Å²) in [6.45, 7) is 5.91. The number of carboxylic acid groups (broad SMARTS) is 1. The van der Waals surface area contributed by atoms with Crippen molar-refractivity contribution >= 4 is 11.9 Å². The van der Waals surface area contributed by atoms with Crippen LogP contribution in [0.15, 0.2) is 12.7 Å². The quantitative estimate of drug-likeness (QED) is 0.331. The Morgan fingerprint density at radius 3 is 2.39 bits per heavy atom. The molecule has 5 heteroatoms. The van der Waals surface area contributed by atoms with E-state index in [1.54, 1.807) is 0 Å². The van der Waals surface area contributed by atoms with Gasteiger partial charge in [0.1, 0.15) is 0 Å². The predicted molar refractivity (Wildman–Crippen MR) is 68.5 cm³/mol. The number of unbranched alkanes of at least 4 members (excludes halogenated alkanes) is 1. The lowest BCUT2D eigenvalue weighted by Gasteiger charge is -2.30. The molecule has 5 nitrogen and oxygen atoms in total. The molecule has 104 valence electrons. The van der Waals surface area contributed by atoms with E-state index in [-0.39, 0.29) is 12.3 Å². The summed E-state index contributed by atoms with van der Waals surface area (Å²) in [5, 5.41) is 13.0. The number of nitrogens with one attached hydrogen (secondary N) is 1. The number of carboxylic acids is 1. The van der Waals surface area contributed by atoms with Crippen molar-refractivity contribution in [3.63, 3.8) is 0 Å². The maximum absolute atomic E-state index is 10.9. The first-order chi connectivity index (χ1) is 8.37. The van der Waals surface area contributed by atoms with Gasteiger partial charge in [-0.25, -0.2) is 0 Å². The molecule has 0 unspecified atom stereocenters. The largest absolute Gasteiger partial charge is 0.550 e. The summed E-state index contributed by atoms with van der Waals surface area (Å²) in [6.07, 6.45) is 3.83. The molecule has 0 saturated heterocycles. The summed E-state index contributed by atoms with van der Waals surface area (Å²) in [6, 6.07) is 0. The maximum atomic E-state index is 10.9. The van der Waals surface area contributed by atoms with Crippen LogP contribution in [0.5, 0.6) is 0 Å². The molecule has 0 aromatic heterocycles. The molecule has 0 aliphatic rings. The molecule has 0 fully saturated rings. The SMILES string of the molecule is C=CC(=O)NCCC[N+](C)(C)CCCCC(=O)[O-]. The normalized spacial score (nSPS) is 11.0. The molecule has 0 aliphatic carbocycles. The molecule has 18 heavy (non-hydrogen) atoms. The molecule has 0 heterocycles. The fraction of sp³-hybridized carbons (Fsp3) is 0.692. The number of aliphatic carboxylic acids is 1. The Kier molecular flexibility index (Phi) is 8.03. The average Bonchev–Trinajstić information content (AvgIpc) is 2.30. The van der Waals surface area contributed by atoms with E-state index in [1.807, 2.05) is 0 Å². The van der Waals surface area contributed by atoms with Gasteiger partial charge in [0.05, 0.1) is 27.2 Å². The van der Waals surface area contributed by atoms with Crippen molar-refractivity contribution < 1.29 is 19.2 Å². The number of rotatable bonds is 10. The summed E-state index contributed by atoms with van der Waals surface area (Å²) >= 11 is 0. The van der Waals surface area contributed by atoms with Crippen molar-refractivity contribution in [1.29, 1.82) is 0 Å². The van der Waals surface area contributed by atoms with Gasteiger partial charge in [-0.2, -0.15) is 0 Å². The first-order valence-electron chi connectivity index (χ1n) is 6.29. The Balaban J connectivity index is 3.63. The minimum absolute atomic E-state index is 0.134. The van der Waals surface area contributed by atoms with Gasteiger partial charge >= 0.3 is 0 Å². The van der Waals surface area contributed by atoms with Gasteiger partial charge < -0.3 is 19.7 Å². The maximum Gasteiger partial charge on any atom is 0.243 e. The van der Waals surface area contributed by atoms with Crippen LogP contribution in [0.4, 0.5) is 0 Å². The summed E-state index contributed by atoms with van der Waals surface area (Å²) in [5.74, 6) is -1.12. The van der Waals surface area contributed by atoms with Crippen LogP contribution in [-0.4, -0.2) is 50.1 Å². The second-order valence-corrected chi connectivity index (χ2v) is 5.06. The number of hydrogen-bond donors (Lipinski definition) is 1. The van der Waals surface area contributed by atoms with Gasteiger partial charge in [0.2, 0.25) is 5.91 Å². The zero-order valence-corrected chi connectivity index (χ0v) is 11.4. The number of quaternary nitrogens is 1. The van der Waals surface area contributed by atoms with E-state index in [0.717, 1.165) is 30.4 Å². The highest BCUT2D eigenvalue weighted by Crippen LogP contribution is 2.04. The molecule has 0 aromatic carbocycles. The van der Waals surface area contributed by atoms with Gasteiger partial charge in [0.15, 0.2) is 0 Å². The second-order valence-electron chi connectivity index (χ2n) is 5.06. The zero-order chi connectivity index (χ0) is 14.0. The smallest absolute Gasteiger partial charge is 0.243 e. The van der Waals surface area contributed by atoms with E-state index in [2.05, 4.69) is 26.0 Å². The van der Waals surface area contributed by atoms with E-state index < -0.39 is 5.97 Å². The van der Waals surface area contributed by atoms with Crippen molar-refractivity contribution in [3.8, 4) is 0 Å². The topological polar surface area (TPSA) is 69.2 Å². The van der Waals surface area contributed by atoms with E-state index in [9.17, 15) is 14.7 Å². The van der Waals surface area contributed by atoms with Gasteiger partial charge in [0.25, 0.3) is 0 Å². The number of carbonyl (C=O) groups is 2. The third kappa shape index (κ3) is 9.84. The highest BCUT2D eigenvalue weighted by atomic mass is 16.4. The van der Waals surface area contributed by atoms with Crippen molar-refractivity contribution in [3.05, 3.63) is 12.7 Å². The average molecular weight is 256 g/mol. The molecule has 0 bridgehead atoms. The number of hydrogen-bond acceptors (Lipinski definition) is 3. The minimum atomic E-state index is -0.979. The van der Waals surface area contributed by atoms with Crippen molar-refractivity contribution in [2.75, 3.05) is 33.7 Å².